The predicted molar refractivity (Wildman–Crippen MR) is 99.0 cm³/mol. The van der Waals surface area contributed by atoms with Gasteiger partial charge in [0, 0.05) is 25.0 Å². The number of carbonyl (C=O) groups is 1. The Morgan fingerprint density at radius 3 is 2.21 bits per heavy atom. The van der Waals surface area contributed by atoms with Crippen LogP contribution >= 0.6 is 0 Å². The van der Waals surface area contributed by atoms with Crippen LogP contribution < -0.4 is 0 Å². The molecule has 0 bridgehead atoms. The number of alkyl halides is 3. The van der Waals surface area contributed by atoms with Gasteiger partial charge >= 0.3 is 12.1 Å². The van der Waals surface area contributed by atoms with Crippen LogP contribution in [-0.4, -0.2) is 35.8 Å². The molecule has 0 aliphatic carbocycles. The maximum Gasteiger partial charge on any atom is 0.416 e. The summed E-state index contributed by atoms with van der Waals surface area (Å²) >= 11 is 0. The van der Waals surface area contributed by atoms with Crippen molar-refractivity contribution < 1.29 is 48.7 Å². The Bertz CT molecular complexity index is 1160. The van der Waals surface area contributed by atoms with Crippen LogP contribution in [0.25, 0.3) is 0 Å². The fourth-order valence-corrected chi connectivity index (χ4v) is 4.07. The summed E-state index contributed by atoms with van der Waals surface area (Å²) in [4.78, 5) is 14.0. The molecule has 2 rings (SSSR count). The Labute approximate surface area is 184 Å². The first-order valence-corrected chi connectivity index (χ1v) is 10.4. The molecule has 0 aliphatic rings. The van der Waals surface area contributed by atoms with Crippen LogP contribution in [0.15, 0.2) is 29.4 Å². The van der Waals surface area contributed by atoms with E-state index in [9.17, 15) is 43.9 Å². The Balaban J connectivity index is 2.63. The average molecular weight is 502 g/mol. The molecule has 0 aliphatic heterocycles. The lowest BCUT2D eigenvalue weighted by Gasteiger charge is -2.26. The minimum atomic E-state index is -5.39. The van der Waals surface area contributed by atoms with Gasteiger partial charge in [-0.15, -0.1) is 0 Å². The quantitative estimate of drug-likeness (QED) is 0.256. The second kappa shape index (κ2) is 9.25. The van der Waals surface area contributed by atoms with Gasteiger partial charge in [-0.25, -0.2) is 26.0 Å². The highest BCUT2D eigenvalue weighted by Gasteiger charge is 2.38. The van der Waals surface area contributed by atoms with Crippen molar-refractivity contribution in [3.05, 3.63) is 58.9 Å². The summed E-state index contributed by atoms with van der Waals surface area (Å²) in [6, 6.07) is 0.352. The van der Waals surface area contributed by atoms with Gasteiger partial charge in [0.25, 0.3) is 0 Å². The smallest absolute Gasteiger partial charge is 0.416 e. The van der Waals surface area contributed by atoms with Gasteiger partial charge in [-0.1, -0.05) is 0 Å². The number of hydrogen-bond donors (Lipinski definition) is 0. The standard InChI is InChI=1S/C19H17F7N2O4S/c1-18(2,3)32-14(29)9-28(8-10-7-27-5-4-11(10)19(24,25)26)33(30,31)13-6-12(20)15(21)17(23)16(13)22/h4-7H,8-9H2,1-3H3. The van der Waals surface area contributed by atoms with Crippen LogP contribution in [0.3, 0.4) is 0 Å². The molecule has 2 aromatic rings. The number of rotatable bonds is 6. The number of hydrogen-bond acceptors (Lipinski definition) is 5. The number of nitrogens with zero attached hydrogens (tertiary/aromatic N) is 2. The van der Waals surface area contributed by atoms with Crippen molar-refractivity contribution in [1.29, 1.82) is 0 Å². The van der Waals surface area contributed by atoms with Gasteiger partial charge in [-0.3, -0.25) is 9.78 Å². The van der Waals surface area contributed by atoms with Crippen molar-refractivity contribution in [1.82, 2.24) is 9.29 Å². The molecule has 0 radical (unpaired) electrons. The Kier molecular flexibility index (Phi) is 7.43. The first-order valence-electron chi connectivity index (χ1n) is 9.00. The maximum atomic E-state index is 14.2. The topological polar surface area (TPSA) is 76.6 Å². The van der Waals surface area contributed by atoms with Gasteiger partial charge in [-0.2, -0.15) is 17.5 Å². The van der Waals surface area contributed by atoms with Crippen LogP contribution in [-0.2, 0) is 32.3 Å². The van der Waals surface area contributed by atoms with E-state index in [1.165, 1.54) is 20.8 Å². The van der Waals surface area contributed by atoms with Gasteiger partial charge in [0.05, 0.1) is 5.56 Å². The molecular formula is C19H17F7N2O4S. The monoisotopic (exact) mass is 502 g/mol. The number of esters is 1. The number of benzene rings is 1. The molecule has 0 saturated heterocycles. The van der Waals surface area contributed by atoms with E-state index in [1.54, 1.807) is 0 Å². The van der Waals surface area contributed by atoms with E-state index in [0.717, 1.165) is 6.20 Å². The van der Waals surface area contributed by atoms with Crippen molar-refractivity contribution in [2.75, 3.05) is 6.54 Å². The number of pyridine rings is 1. The fraction of sp³-hybridized carbons (Fsp3) is 0.368. The largest absolute Gasteiger partial charge is 0.459 e. The molecule has 33 heavy (non-hydrogen) atoms. The van der Waals surface area contributed by atoms with Gasteiger partial charge in [0.15, 0.2) is 23.3 Å². The number of sulfonamides is 1. The maximum absolute atomic E-state index is 14.2. The van der Waals surface area contributed by atoms with Crippen LogP contribution in [0.4, 0.5) is 30.7 Å². The Hall–Kier alpha value is -2.74. The number of aromatic nitrogens is 1. The molecular weight excluding hydrogens is 485 g/mol. The van der Waals surface area contributed by atoms with E-state index < -0.39 is 80.2 Å². The van der Waals surface area contributed by atoms with Crippen LogP contribution in [0.2, 0.25) is 0 Å². The zero-order valence-corrected chi connectivity index (χ0v) is 18.1. The third-order valence-corrected chi connectivity index (χ3v) is 5.76. The van der Waals surface area contributed by atoms with E-state index in [-0.39, 0.29) is 10.4 Å². The van der Waals surface area contributed by atoms with Gasteiger partial charge in [0.2, 0.25) is 10.0 Å². The van der Waals surface area contributed by atoms with Crippen molar-refractivity contribution in [2.45, 2.75) is 44.0 Å². The van der Waals surface area contributed by atoms with Gasteiger partial charge < -0.3 is 4.74 Å². The Morgan fingerprint density at radius 2 is 1.67 bits per heavy atom. The van der Waals surface area contributed by atoms with E-state index in [4.69, 9.17) is 4.74 Å². The molecule has 6 nitrogen and oxygen atoms in total. The summed E-state index contributed by atoms with van der Waals surface area (Å²) in [6.45, 7) is 1.78. The highest BCUT2D eigenvalue weighted by atomic mass is 32.2. The van der Waals surface area contributed by atoms with Crippen molar-refractivity contribution >= 4 is 16.0 Å². The van der Waals surface area contributed by atoms with Gasteiger partial charge in [0.1, 0.15) is 17.0 Å². The van der Waals surface area contributed by atoms with Crippen molar-refractivity contribution in [2.24, 2.45) is 0 Å². The molecule has 1 heterocycles. The first kappa shape index (κ1) is 26.5. The Morgan fingerprint density at radius 1 is 1.06 bits per heavy atom. The molecule has 0 unspecified atom stereocenters. The number of halogens is 7. The highest BCUT2D eigenvalue weighted by Crippen LogP contribution is 2.33. The SMILES string of the molecule is CC(C)(C)OC(=O)CN(Cc1cnccc1C(F)(F)F)S(=O)(=O)c1cc(F)c(F)c(F)c1F. The zero-order valence-electron chi connectivity index (χ0n) is 17.3. The summed E-state index contributed by atoms with van der Waals surface area (Å²) in [5, 5.41) is 0. The minimum Gasteiger partial charge on any atom is -0.459 e. The predicted octanol–water partition coefficient (Wildman–Crippen LogP) is 4.19. The van der Waals surface area contributed by atoms with E-state index in [2.05, 4.69) is 4.98 Å². The lowest BCUT2D eigenvalue weighted by Crippen LogP contribution is -2.39. The summed E-state index contributed by atoms with van der Waals surface area (Å²) in [7, 11) is -5.39. The van der Waals surface area contributed by atoms with Crippen molar-refractivity contribution in [3.8, 4) is 0 Å². The first-order chi connectivity index (χ1) is 14.9. The minimum absolute atomic E-state index is 0.0164. The summed E-state index contributed by atoms with van der Waals surface area (Å²) in [5.41, 5.74) is -3.21. The van der Waals surface area contributed by atoms with Gasteiger partial charge in [-0.05, 0) is 32.4 Å². The van der Waals surface area contributed by atoms with E-state index >= 15 is 0 Å². The number of carbonyl (C=O) groups excluding carboxylic acids is 1. The molecule has 1 aromatic heterocycles. The second-order valence-corrected chi connectivity index (χ2v) is 9.59. The average Bonchev–Trinajstić information content (AvgIpc) is 2.66. The van der Waals surface area contributed by atoms with Crippen LogP contribution in [0, 0.1) is 23.3 Å². The van der Waals surface area contributed by atoms with E-state index in [1.807, 2.05) is 0 Å². The molecule has 0 atom stereocenters. The molecule has 0 spiro atoms. The van der Waals surface area contributed by atoms with E-state index in [0.29, 0.717) is 12.3 Å². The van der Waals surface area contributed by atoms with Crippen molar-refractivity contribution in [3.63, 3.8) is 0 Å². The normalized spacial score (nSPS) is 12.8. The number of ether oxygens (including phenoxy) is 1. The molecule has 0 N–H and O–H groups in total. The molecule has 0 fully saturated rings. The third kappa shape index (κ3) is 6.19. The summed E-state index contributed by atoms with van der Waals surface area (Å²) in [6.07, 6.45) is -3.52. The summed E-state index contributed by atoms with van der Waals surface area (Å²) < 4.78 is 126. The molecule has 0 amide bonds. The molecule has 1 aromatic carbocycles. The summed E-state index contributed by atoms with van der Waals surface area (Å²) in [5.74, 6) is -10.4. The van der Waals surface area contributed by atoms with Crippen LogP contribution in [0.1, 0.15) is 31.9 Å². The van der Waals surface area contributed by atoms with Crippen LogP contribution in [0.5, 0.6) is 0 Å². The lowest BCUT2D eigenvalue weighted by molar-refractivity contribution is -0.155. The third-order valence-electron chi connectivity index (χ3n) is 3.97. The lowest BCUT2D eigenvalue weighted by atomic mass is 10.1. The molecule has 182 valence electrons. The molecule has 14 heteroatoms. The second-order valence-electron chi connectivity index (χ2n) is 7.69. The zero-order chi connectivity index (χ0) is 25.4. The highest BCUT2D eigenvalue weighted by molar-refractivity contribution is 7.89. The fourth-order valence-electron chi connectivity index (χ4n) is 2.64. The molecule has 0 saturated carbocycles.